The third-order valence-corrected chi connectivity index (χ3v) is 7.37. The Morgan fingerprint density at radius 3 is 2.59 bits per heavy atom. The van der Waals surface area contributed by atoms with Crippen LogP contribution in [0.15, 0.2) is 64.8 Å². The van der Waals surface area contributed by atoms with Gasteiger partial charge in [0.1, 0.15) is 10.5 Å². The molecule has 174 valence electrons. The molecule has 0 radical (unpaired) electrons. The van der Waals surface area contributed by atoms with E-state index in [9.17, 15) is 14.0 Å². The quantitative estimate of drug-likeness (QED) is 0.432. The normalized spacial score (nSPS) is 14.5. The number of hydrogen-bond acceptors (Lipinski definition) is 5. The van der Waals surface area contributed by atoms with Crippen molar-refractivity contribution in [3.63, 3.8) is 0 Å². The Labute approximate surface area is 204 Å². The summed E-state index contributed by atoms with van der Waals surface area (Å²) < 4.78 is 15.6. The molecule has 0 spiro atoms. The van der Waals surface area contributed by atoms with E-state index < -0.39 is 0 Å². The fraction of sp³-hybridized carbons (Fsp3) is 0.240. The van der Waals surface area contributed by atoms with Gasteiger partial charge in [-0.3, -0.25) is 9.59 Å². The summed E-state index contributed by atoms with van der Waals surface area (Å²) in [5.41, 5.74) is 1.90. The predicted octanol–water partition coefficient (Wildman–Crippen LogP) is 4.77. The molecule has 0 atom stereocenters. The van der Waals surface area contributed by atoms with Gasteiger partial charge in [0.05, 0.1) is 11.2 Å². The van der Waals surface area contributed by atoms with Gasteiger partial charge in [0.15, 0.2) is 0 Å². The minimum absolute atomic E-state index is 0.00302. The molecule has 1 saturated heterocycles. The fourth-order valence-corrected chi connectivity index (χ4v) is 5.21. The number of halogens is 2. The lowest BCUT2D eigenvalue weighted by atomic mass is 9.96. The van der Waals surface area contributed by atoms with Crippen LogP contribution in [-0.4, -0.2) is 28.5 Å². The average Bonchev–Trinajstić information content (AvgIpc) is 3.33. The maximum Gasteiger partial charge on any atom is 0.277 e. The molecule has 0 bridgehead atoms. The summed E-state index contributed by atoms with van der Waals surface area (Å²) in [6, 6.07) is 15.1. The summed E-state index contributed by atoms with van der Waals surface area (Å²) >= 11 is 7.53. The Morgan fingerprint density at radius 1 is 1.12 bits per heavy atom. The molecule has 1 N–H and O–H groups in total. The van der Waals surface area contributed by atoms with Gasteiger partial charge in [-0.05, 0) is 60.2 Å². The van der Waals surface area contributed by atoms with Gasteiger partial charge in [-0.2, -0.15) is 0 Å². The SMILES string of the molecule is O=C(NCc1ccccc1Cl)C1CCN(c2nc3ccsc3c(=O)n2-c2ccc(F)cc2)CC1. The van der Waals surface area contributed by atoms with Gasteiger partial charge in [0.25, 0.3) is 5.56 Å². The molecule has 5 rings (SSSR count). The number of carbonyl (C=O) groups is 1. The molecule has 1 fully saturated rings. The van der Waals surface area contributed by atoms with E-state index in [1.54, 1.807) is 18.2 Å². The highest BCUT2D eigenvalue weighted by Crippen LogP contribution is 2.27. The second-order valence-electron chi connectivity index (χ2n) is 8.23. The van der Waals surface area contributed by atoms with Crippen molar-refractivity contribution < 1.29 is 9.18 Å². The van der Waals surface area contributed by atoms with Crippen molar-refractivity contribution in [2.24, 2.45) is 5.92 Å². The molecule has 6 nitrogen and oxygen atoms in total. The Morgan fingerprint density at radius 2 is 1.85 bits per heavy atom. The Bertz CT molecular complexity index is 1390. The number of nitrogens with one attached hydrogen (secondary N) is 1. The Balaban J connectivity index is 1.35. The second kappa shape index (κ2) is 9.56. The molecule has 1 aliphatic rings. The van der Waals surface area contributed by atoms with E-state index in [2.05, 4.69) is 5.32 Å². The van der Waals surface area contributed by atoms with Crippen molar-refractivity contribution in [3.8, 4) is 5.69 Å². The molecular formula is C25H22ClFN4O2S. The Hall–Kier alpha value is -3.23. The molecular weight excluding hydrogens is 475 g/mol. The van der Waals surface area contributed by atoms with E-state index in [-0.39, 0.29) is 23.2 Å². The molecule has 0 saturated carbocycles. The first-order valence-corrected chi connectivity index (χ1v) is 12.3. The zero-order valence-corrected chi connectivity index (χ0v) is 19.8. The fourth-order valence-electron chi connectivity index (χ4n) is 4.25. The summed E-state index contributed by atoms with van der Waals surface area (Å²) in [6.07, 6.45) is 1.27. The number of amides is 1. The highest BCUT2D eigenvalue weighted by Gasteiger charge is 2.28. The molecule has 3 heterocycles. The van der Waals surface area contributed by atoms with E-state index in [0.29, 0.717) is 59.4 Å². The summed E-state index contributed by atoms with van der Waals surface area (Å²) in [5.74, 6) is 0.0101. The van der Waals surface area contributed by atoms with Crippen molar-refractivity contribution >= 4 is 45.0 Å². The number of benzene rings is 2. The van der Waals surface area contributed by atoms with Gasteiger partial charge in [-0.1, -0.05) is 29.8 Å². The highest BCUT2D eigenvalue weighted by molar-refractivity contribution is 7.17. The van der Waals surface area contributed by atoms with Crippen LogP contribution < -0.4 is 15.8 Å². The summed E-state index contributed by atoms with van der Waals surface area (Å²) in [6.45, 7) is 1.54. The third kappa shape index (κ3) is 4.43. The highest BCUT2D eigenvalue weighted by atomic mass is 35.5. The minimum Gasteiger partial charge on any atom is -0.352 e. The molecule has 0 unspecified atom stereocenters. The van der Waals surface area contributed by atoms with E-state index >= 15 is 0 Å². The van der Waals surface area contributed by atoms with E-state index in [0.717, 1.165) is 5.56 Å². The Kier molecular flexibility index (Phi) is 6.34. The smallest absolute Gasteiger partial charge is 0.277 e. The molecule has 4 aromatic rings. The number of rotatable bonds is 5. The van der Waals surface area contributed by atoms with Gasteiger partial charge < -0.3 is 10.2 Å². The maximum absolute atomic E-state index is 13.5. The lowest BCUT2D eigenvalue weighted by molar-refractivity contribution is -0.125. The largest absolute Gasteiger partial charge is 0.352 e. The van der Waals surface area contributed by atoms with Crippen LogP contribution in [-0.2, 0) is 11.3 Å². The number of aromatic nitrogens is 2. The first-order valence-electron chi connectivity index (χ1n) is 11.0. The first kappa shape index (κ1) is 22.6. The topological polar surface area (TPSA) is 67.2 Å². The van der Waals surface area contributed by atoms with Crippen molar-refractivity contribution in [1.29, 1.82) is 0 Å². The number of fused-ring (bicyclic) bond motifs is 1. The lowest BCUT2D eigenvalue weighted by Crippen LogP contribution is -2.42. The standard InChI is InChI=1S/C25H22ClFN4O2S/c26-20-4-2-1-3-17(20)15-28-23(32)16-9-12-30(13-10-16)25-29-21-11-14-34-22(21)24(33)31(25)19-7-5-18(27)6-8-19/h1-8,11,14,16H,9-10,12-13,15H2,(H,28,32). The number of thiophene rings is 1. The molecule has 0 aliphatic carbocycles. The van der Waals surface area contributed by atoms with Crippen LogP contribution in [0.2, 0.25) is 5.02 Å². The number of hydrogen-bond donors (Lipinski definition) is 1. The number of nitrogens with zero attached hydrogens (tertiary/aromatic N) is 3. The second-order valence-corrected chi connectivity index (χ2v) is 9.56. The number of anilines is 1. The predicted molar refractivity (Wildman–Crippen MR) is 133 cm³/mol. The van der Waals surface area contributed by atoms with Crippen molar-refractivity contribution in [2.45, 2.75) is 19.4 Å². The lowest BCUT2D eigenvalue weighted by Gasteiger charge is -2.33. The zero-order valence-electron chi connectivity index (χ0n) is 18.2. The van der Waals surface area contributed by atoms with Crippen LogP contribution in [0.25, 0.3) is 15.9 Å². The first-order chi connectivity index (χ1) is 16.5. The summed E-state index contributed by atoms with van der Waals surface area (Å²) in [5, 5.41) is 5.46. The van der Waals surface area contributed by atoms with E-state index in [4.69, 9.17) is 16.6 Å². The van der Waals surface area contributed by atoms with Crippen LogP contribution in [0.4, 0.5) is 10.3 Å². The average molecular weight is 497 g/mol. The minimum atomic E-state index is -0.368. The monoisotopic (exact) mass is 496 g/mol. The molecule has 2 aromatic heterocycles. The van der Waals surface area contributed by atoms with Crippen LogP contribution in [0.5, 0.6) is 0 Å². The molecule has 1 aliphatic heterocycles. The summed E-state index contributed by atoms with van der Waals surface area (Å²) in [7, 11) is 0. The van der Waals surface area contributed by atoms with Gasteiger partial charge in [-0.15, -0.1) is 11.3 Å². The van der Waals surface area contributed by atoms with Gasteiger partial charge in [0.2, 0.25) is 11.9 Å². The molecule has 9 heteroatoms. The van der Waals surface area contributed by atoms with Crippen molar-refractivity contribution in [1.82, 2.24) is 14.9 Å². The van der Waals surface area contributed by atoms with Gasteiger partial charge in [-0.25, -0.2) is 13.9 Å². The van der Waals surface area contributed by atoms with Crippen LogP contribution in [0, 0.1) is 11.7 Å². The third-order valence-electron chi connectivity index (χ3n) is 6.11. The van der Waals surface area contributed by atoms with Crippen molar-refractivity contribution in [3.05, 3.63) is 86.7 Å². The van der Waals surface area contributed by atoms with Crippen LogP contribution in [0.1, 0.15) is 18.4 Å². The number of piperidine rings is 1. The van der Waals surface area contributed by atoms with E-state index in [1.165, 1.54) is 28.0 Å². The van der Waals surface area contributed by atoms with Crippen LogP contribution >= 0.6 is 22.9 Å². The van der Waals surface area contributed by atoms with E-state index in [1.807, 2.05) is 34.5 Å². The van der Waals surface area contributed by atoms with Gasteiger partial charge >= 0.3 is 0 Å². The molecule has 1 amide bonds. The van der Waals surface area contributed by atoms with Crippen LogP contribution in [0.3, 0.4) is 0 Å². The maximum atomic E-state index is 13.5. The zero-order chi connectivity index (χ0) is 23.7. The van der Waals surface area contributed by atoms with Gasteiger partial charge in [0, 0.05) is 30.6 Å². The molecule has 2 aromatic carbocycles. The van der Waals surface area contributed by atoms with Crippen molar-refractivity contribution in [2.75, 3.05) is 18.0 Å². The molecule has 34 heavy (non-hydrogen) atoms. The number of carbonyl (C=O) groups excluding carboxylic acids is 1. The summed E-state index contributed by atoms with van der Waals surface area (Å²) in [4.78, 5) is 32.9.